The third-order valence-corrected chi connectivity index (χ3v) is 3.02. The fourth-order valence-corrected chi connectivity index (χ4v) is 1.84. The van der Waals surface area contributed by atoms with Gasteiger partial charge in [0.05, 0.1) is 0 Å². The Kier molecular flexibility index (Phi) is 3.24. The van der Waals surface area contributed by atoms with Crippen LogP contribution in [-0.4, -0.2) is 36.1 Å². The summed E-state index contributed by atoms with van der Waals surface area (Å²) in [4.78, 5) is 21.1. The number of aromatic amines is 1. The SMILES string of the molecule is Cc1nc(N2CCCNCC2)[nH]c(=O)c1C. The highest BCUT2D eigenvalue weighted by molar-refractivity contribution is 5.32. The number of nitrogens with zero attached hydrogens (tertiary/aromatic N) is 2. The third-order valence-electron chi connectivity index (χ3n) is 3.02. The Bertz CT molecular complexity index is 418. The molecule has 0 amide bonds. The lowest BCUT2D eigenvalue weighted by Crippen LogP contribution is -2.31. The van der Waals surface area contributed by atoms with Gasteiger partial charge in [-0.3, -0.25) is 9.78 Å². The molecule has 5 heteroatoms. The van der Waals surface area contributed by atoms with Crippen LogP contribution in [-0.2, 0) is 0 Å². The molecule has 0 unspecified atom stereocenters. The number of nitrogens with one attached hydrogen (secondary N) is 2. The predicted molar refractivity (Wildman–Crippen MR) is 64.0 cm³/mol. The van der Waals surface area contributed by atoms with Crippen molar-refractivity contribution in [3.63, 3.8) is 0 Å². The molecule has 1 aliphatic rings. The summed E-state index contributed by atoms with van der Waals surface area (Å²) in [6, 6.07) is 0. The Morgan fingerprint density at radius 2 is 2.06 bits per heavy atom. The molecule has 0 spiro atoms. The molecule has 0 saturated carbocycles. The van der Waals surface area contributed by atoms with Crippen LogP contribution in [0.5, 0.6) is 0 Å². The van der Waals surface area contributed by atoms with Gasteiger partial charge in [-0.05, 0) is 26.8 Å². The molecule has 2 heterocycles. The second kappa shape index (κ2) is 4.65. The zero-order valence-corrected chi connectivity index (χ0v) is 9.84. The standard InChI is InChI=1S/C11H18N4O/c1-8-9(2)13-11(14-10(8)16)15-6-3-4-12-5-7-15/h12H,3-7H2,1-2H3,(H,13,14,16). The van der Waals surface area contributed by atoms with E-state index in [0.717, 1.165) is 38.3 Å². The van der Waals surface area contributed by atoms with Crippen molar-refractivity contribution in [1.82, 2.24) is 15.3 Å². The molecule has 2 rings (SSSR count). The van der Waals surface area contributed by atoms with Gasteiger partial charge in [0.25, 0.3) is 5.56 Å². The van der Waals surface area contributed by atoms with Gasteiger partial charge < -0.3 is 10.2 Å². The van der Waals surface area contributed by atoms with Gasteiger partial charge in [0.2, 0.25) is 5.95 Å². The van der Waals surface area contributed by atoms with Gasteiger partial charge in [0.15, 0.2) is 0 Å². The van der Waals surface area contributed by atoms with E-state index in [-0.39, 0.29) is 5.56 Å². The van der Waals surface area contributed by atoms with E-state index in [1.807, 2.05) is 6.92 Å². The minimum Gasteiger partial charge on any atom is -0.341 e. The first-order valence-electron chi connectivity index (χ1n) is 5.71. The first-order valence-corrected chi connectivity index (χ1v) is 5.71. The predicted octanol–water partition coefficient (Wildman–Crippen LogP) is 0.186. The molecule has 1 fully saturated rings. The van der Waals surface area contributed by atoms with Crippen molar-refractivity contribution < 1.29 is 0 Å². The number of hydrogen-bond donors (Lipinski definition) is 2. The van der Waals surface area contributed by atoms with E-state index in [4.69, 9.17) is 0 Å². The number of aromatic nitrogens is 2. The molecule has 0 aliphatic carbocycles. The quantitative estimate of drug-likeness (QED) is 0.712. The fraction of sp³-hybridized carbons (Fsp3) is 0.636. The highest BCUT2D eigenvalue weighted by Gasteiger charge is 2.13. The average molecular weight is 222 g/mol. The second-order valence-corrected chi connectivity index (χ2v) is 4.19. The van der Waals surface area contributed by atoms with Gasteiger partial charge in [-0.15, -0.1) is 0 Å². The number of rotatable bonds is 1. The maximum atomic E-state index is 11.7. The zero-order chi connectivity index (χ0) is 11.5. The molecule has 0 radical (unpaired) electrons. The van der Waals surface area contributed by atoms with Crippen molar-refractivity contribution in [2.24, 2.45) is 0 Å². The van der Waals surface area contributed by atoms with Crippen molar-refractivity contribution in [1.29, 1.82) is 0 Å². The molecular weight excluding hydrogens is 204 g/mol. The Labute approximate surface area is 94.9 Å². The van der Waals surface area contributed by atoms with E-state index in [0.29, 0.717) is 11.5 Å². The van der Waals surface area contributed by atoms with Crippen LogP contribution in [0.3, 0.4) is 0 Å². The van der Waals surface area contributed by atoms with Gasteiger partial charge in [0.1, 0.15) is 0 Å². The monoisotopic (exact) mass is 222 g/mol. The van der Waals surface area contributed by atoms with Gasteiger partial charge in [-0.2, -0.15) is 0 Å². The van der Waals surface area contributed by atoms with Crippen LogP contribution in [0.1, 0.15) is 17.7 Å². The molecule has 1 saturated heterocycles. The summed E-state index contributed by atoms with van der Waals surface area (Å²) in [7, 11) is 0. The lowest BCUT2D eigenvalue weighted by molar-refractivity contribution is 0.724. The minimum absolute atomic E-state index is 0.0280. The van der Waals surface area contributed by atoms with Crippen molar-refractivity contribution in [2.75, 3.05) is 31.1 Å². The van der Waals surface area contributed by atoms with Crippen molar-refractivity contribution in [2.45, 2.75) is 20.3 Å². The summed E-state index contributed by atoms with van der Waals surface area (Å²) in [6.07, 6.45) is 1.08. The van der Waals surface area contributed by atoms with E-state index in [2.05, 4.69) is 20.2 Å². The van der Waals surface area contributed by atoms with Crippen LogP contribution >= 0.6 is 0 Å². The zero-order valence-electron chi connectivity index (χ0n) is 9.84. The number of H-pyrrole nitrogens is 1. The van der Waals surface area contributed by atoms with E-state index >= 15 is 0 Å². The summed E-state index contributed by atoms with van der Waals surface area (Å²) >= 11 is 0. The fourth-order valence-electron chi connectivity index (χ4n) is 1.84. The maximum absolute atomic E-state index is 11.7. The van der Waals surface area contributed by atoms with E-state index < -0.39 is 0 Å². The van der Waals surface area contributed by atoms with Crippen LogP contribution in [0.2, 0.25) is 0 Å². The molecule has 2 N–H and O–H groups in total. The molecule has 1 aromatic rings. The second-order valence-electron chi connectivity index (χ2n) is 4.19. The molecule has 0 atom stereocenters. The maximum Gasteiger partial charge on any atom is 0.255 e. The van der Waals surface area contributed by atoms with Crippen molar-refractivity contribution in [3.8, 4) is 0 Å². The molecule has 5 nitrogen and oxygen atoms in total. The van der Waals surface area contributed by atoms with Gasteiger partial charge in [0, 0.05) is 30.9 Å². The Balaban J connectivity index is 2.28. The number of anilines is 1. The Hall–Kier alpha value is -1.36. The third kappa shape index (κ3) is 2.24. The Morgan fingerprint density at radius 1 is 1.25 bits per heavy atom. The normalized spacial score (nSPS) is 17.2. The van der Waals surface area contributed by atoms with Crippen LogP contribution in [0.15, 0.2) is 4.79 Å². The van der Waals surface area contributed by atoms with Crippen molar-refractivity contribution in [3.05, 3.63) is 21.6 Å². The summed E-state index contributed by atoms with van der Waals surface area (Å²) < 4.78 is 0. The summed E-state index contributed by atoms with van der Waals surface area (Å²) in [5.74, 6) is 0.705. The summed E-state index contributed by atoms with van der Waals surface area (Å²) in [5.41, 5.74) is 1.49. The minimum atomic E-state index is -0.0280. The average Bonchev–Trinajstić information content (AvgIpc) is 2.53. The van der Waals surface area contributed by atoms with Crippen LogP contribution < -0.4 is 15.8 Å². The molecule has 1 aromatic heterocycles. The molecule has 16 heavy (non-hydrogen) atoms. The van der Waals surface area contributed by atoms with Crippen LogP contribution in [0, 0.1) is 13.8 Å². The first kappa shape index (κ1) is 11.1. The number of hydrogen-bond acceptors (Lipinski definition) is 4. The largest absolute Gasteiger partial charge is 0.341 e. The highest BCUT2D eigenvalue weighted by atomic mass is 16.1. The van der Waals surface area contributed by atoms with Gasteiger partial charge >= 0.3 is 0 Å². The lowest BCUT2D eigenvalue weighted by atomic mass is 10.3. The lowest BCUT2D eigenvalue weighted by Gasteiger charge is -2.20. The van der Waals surface area contributed by atoms with Gasteiger partial charge in [-0.1, -0.05) is 0 Å². The van der Waals surface area contributed by atoms with E-state index in [1.165, 1.54) is 0 Å². The highest BCUT2D eigenvalue weighted by Crippen LogP contribution is 2.08. The summed E-state index contributed by atoms with van der Waals surface area (Å²) in [6.45, 7) is 7.49. The summed E-state index contributed by atoms with van der Waals surface area (Å²) in [5, 5.41) is 3.33. The van der Waals surface area contributed by atoms with Crippen molar-refractivity contribution >= 4 is 5.95 Å². The van der Waals surface area contributed by atoms with E-state index in [9.17, 15) is 4.79 Å². The Morgan fingerprint density at radius 3 is 2.81 bits per heavy atom. The van der Waals surface area contributed by atoms with Crippen LogP contribution in [0.25, 0.3) is 0 Å². The molecule has 1 aliphatic heterocycles. The molecule has 0 bridgehead atoms. The molecular formula is C11H18N4O. The smallest absolute Gasteiger partial charge is 0.255 e. The van der Waals surface area contributed by atoms with Gasteiger partial charge in [-0.25, -0.2) is 4.98 Å². The van der Waals surface area contributed by atoms with Crippen LogP contribution in [0.4, 0.5) is 5.95 Å². The topological polar surface area (TPSA) is 61.0 Å². The molecule has 88 valence electrons. The molecule has 0 aromatic carbocycles. The van der Waals surface area contributed by atoms with E-state index in [1.54, 1.807) is 6.92 Å². The number of aryl methyl sites for hydroxylation is 1. The first-order chi connectivity index (χ1) is 7.68.